The van der Waals surface area contributed by atoms with E-state index in [0.29, 0.717) is 0 Å². The van der Waals surface area contributed by atoms with E-state index < -0.39 is 0 Å². The molecule has 1 unspecified atom stereocenters. The first-order chi connectivity index (χ1) is 7.81. The van der Waals surface area contributed by atoms with E-state index in [1.165, 1.54) is 32.1 Å². The van der Waals surface area contributed by atoms with Crippen molar-refractivity contribution < 1.29 is 0 Å². The summed E-state index contributed by atoms with van der Waals surface area (Å²) in [5.41, 5.74) is 2.91. The molecule has 0 bridgehead atoms. The summed E-state index contributed by atoms with van der Waals surface area (Å²) >= 11 is 0. The first-order valence-corrected chi connectivity index (χ1v) is 6.24. The van der Waals surface area contributed by atoms with Crippen LogP contribution >= 0.6 is 0 Å². The standard InChI is InChI=1S/C12H22N4/c1-16-8-7-14-12(16)11(15-13)9-10-5-3-2-4-6-10/h7-8,10-11,15H,2-6,9,13H2,1H3. The van der Waals surface area contributed by atoms with Crippen molar-refractivity contribution in [3.05, 3.63) is 18.2 Å². The smallest absolute Gasteiger partial charge is 0.126 e. The Morgan fingerprint density at radius 2 is 2.25 bits per heavy atom. The van der Waals surface area contributed by atoms with E-state index >= 15 is 0 Å². The Balaban J connectivity index is 1.97. The Kier molecular flexibility index (Phi) is 3.96. The summed E-state index contributed by atoms with van der Waals surface area (Å²) in [5.74, 6) is 7.51. The molecule has 0 spiro atoms. The molecule has 1 aromatic heterocycles. The molecular formula is C12H22N4. The fourth-order valence-corrected chi connectivity index (χ4v) is 2.72. The van der Waals surface area contributed by atoms with Gasteiger partial charge in [0, 0.05) is 19.4 Å². The Morgan fingerprint density at radius 1 is 1.50 bits per heavy atom. The van der Waals surface area contributed by atoms with E-state index in [9.17, 15) is 0 Å². The van der Waals surface area contributed by atoms with Crippen LogP contribution in [0.25, 0.3) is 0 Å². The number of hydrogen-bond donors (Lipinski definition) is 2. The van der Waals surface area contributed by atoms with Gasteiger partial charge in [0.25, 0.3) is 0 Å². The van der Waals surface area contributed by atoms with E-state index in [-0.39, 0.29) is 6.04 Å². The average Bonchev–Trinajstić information content (AvgIpc) is 2.74. The minimum absolute atomic E-state index is 0.197. The van der Waals surface area contributed by atoms with Crippen LogP contribution in [0.3, 0.4) is 0 Å². The Morgan fingerprint density at radius 3 is 2.81 bits per heavy atom. The van der Waals surface area contributed by atoms with Crippen LogP contribution in [-0.4, -0.2) is 9.55 Å². The lowest BCUT2D eigenvalue weighted by Gasteiger charge is -2.25. The minimum atomic E-state index is 0.197. The first kappa shape index (κ1) is 11.6. The van der Waals surface area contributed by atoms with Crippen molar-refractivity contribution in [2.45, 2.75) is 44.6 Å². The summed E-state index contributed by atoms with van der Waals surface area (Å²) in [6, 6.07) is 0.197. The van der Waals surface area contributed by atoms with Crippen LogP contribution in [0.1, 0.15) is 50.4 Å². The van der Waals surface area contributed by atoms with E-state index in [0.717, 1.165) is 18.2 Å². The Hall–Kier alpha value is -0.870. The van der Waals surface area contributed by atoms with Gasteiger partial charge in [0.15, 0.2) is 0 Å². The molecule has 0 amide bonds. The molecule has 1 aliphatic carbocycles. The van der Waals surface area contributed by atoms with Gasteiger partial charge in [-0.3, -0.25) is 5.84 Å². The molecule has 1 fully saturated rings. The summed E-state index contributed by atoms with van der Waals surface area (Å²) in [4.78, 5) is 4.37. The average molecular weight is 222 g/mol. The SMILES string of the molecule is Cn1ccnc1C(CC1CCCCC1)NN. The fourth-order valence-electron chi connectivity index (χ4n) is 2.72. The zero-order chi connectivity index (χ0) is 11.4. The molecule has 2 rings (SSSR count). The molecule has 0 aliphatic heterocycles. The molecule has 1 saturated carbocycles. The molecule has 1 aromatic rings. The van der Waals surface area contributed by atoms with Crippen molar-refractivity contribution in [2.75, 3.05) is 0 Å². The monoisotopic (exact) mass is 222 g/mol. The molecule has 0 saturated heterocycles. The van der Waals surface area contributed by atoms with Gasteiger partial charge in [-0.05, 0) is 12.3 Å². The Labute approximate surface area is 97.2 Å². The highest BCUT2D eigenvalue weighted by molar-refractivity contribution is 4.98. The van der Waals surface area contributed by atoms with E-state index in [1.54, 1.807) is 0 Å². The summed E-state index contributed by atoms with van der Waals surface area (Å²) in [6.07, 6.45) is 11.8. The molecule has 0 aromatic carbocycles. The molecule has 1 aliphatic rings. The van der Waals surface area contributed by atoms with Gasteiger partial charge in [0.2, 0.25) is 0 Å². The molecule has 0 radical (unpaired) electrons. The van der Waals surface area contributed by atoms with Crippen LogP contribution in [0.2, 0.25) is 0 Å². The highest BCUT2D eigenvalue weighted by atomic mass is 15.3. The molecule has 16 heavy (non-hydrogen) atoms. The molecular weight excluding hydrogens is 200 g/mol. The lowest BCUT2D eigenvalue weighted by atomic mass is 9.85. The second kappa shape index (κ2) is 5.46. The van der Waals surface area contributed by atoms with Crippen LogP contribution in [0.5, 0.6) is 0 Å². The van der Waals surface area contributed by atoms with Gasteiger partial charge >= 0.3 is 0 Å². The summed E-state index contributed by atoms with van der Waals surface area (Å²) in [7, 11) is 2.02. The molecule has 1 heterocycles. The van der Waals surface area contributed by atoms with Gasteiger partial charge in [-0.15, -0.1) is 0 Å². The molecule has 90 valence electrons. The van der Waals surface area contributed by atoms with Gasteiger partial charge in [-0.1, -0.05) is 32.1 Å². The lowest BCUT2D eigenvalue weighted by Crippen LogP contribution is -2.32. The van der Waals surface area contributed by atoms with Crippen LogP contribution in [0, 0.1) is 5.92 Å². The third kappa shape index (κ3) is 2.62. The summed E-state index contributed by atoms with van der Waals surface area (Å²) < 4.78 is 2.05. The van der Waals surface area contributed by atoms with Crippen molar-refractivity contribution in [1.29, 1.82) is 0 Å². The van der Waals surface area contributed by atoms with Crippen molar-refractivity contribution in [2.24, 2.45) is 18.8 Å². The predicted octanol–water partition coefficient (Wildman–Crippen LogP) is 1.89. The van der Waals surface area contributed by atoms with Crippen molar-refractivity contribution in [3.63, 3.8) is 0 Å². The van der Waals surface area contributed by atoms with Crippen LogP contribution < -0.4 is 11.3 Å². The number of aryl methyl sites for hydroxylation is 1. The quantitative estimate of drug-likeness (QED) is 0.604. The van der Waals surface area contributed by atoms with E-state index in [1.807, 2.05) is 24.0 Å². The minimum Gasteiger partial charge on any atom is -0.337 e. The van der Waals surface area contributed by atoms with E-state index in [2.05, 4.69) is 10.4 Å². The fraction of sp³-hybridized carbons (Fsp3) is 0.750. The van der Waals surface area contributed by atoms with Gasteiger partial charge in [0.05, 0.1) is 6.04 Å². The topological polar surface area (TPSA) is 55.9 Å². The largest absolute Gasteiger partial charge is 0.337 e. The van der Waals surface area contributed by atoms with Crippen molar-refractivity contribution in [3.8, 4) is 0 Å². The number of imidazole rings is 1. The van der Waals surface area contributed by atoms with Gasteiger partial charge in [0.1, 0.15) is 5.82 Å². The van der Waals surface area contributed by atoms with Gasteiger partial charge in [-0.2, -0.15) is 0 Å². The molecule has 3 N–H and O–H groups in total. The highest BCUT2D eigenvalue weighted by Crippen LogP contribution is 2.30. The summed E-state index contributed by atoms with van der Waals surface area (Å²) in [5, 5.41) is 0. The second-order valence-corrected chi connectivity index (χ2v) is 4.86. The third-order valence-electron chi connectivity index (χ3n) is 3.67. The summed E-state index contributed by atoms with van der Waals surface area (Å²) in [6.45, 7) is 0. The normalized spacial score (nSPS) is 19.9. The van der Waals surface area contributed by atoms with Crippen molar-refractivity contribution in [1.82, 2.24) is 15.0 Å². The third-order valence-corrected chi connectivity index (χ3v) is 3.67. The zero-order valence-electron chi connectivity index (χ0n) is 10.0. The number of nitrogens with two attached hydrogens (primary N) is 1. The number of aromatic nitrogens is 2. The maximum Gasteiger partial charge on any atom is 0.126 e. The number of hydrazine groups is 1. The predicted molar refractivity (Wildman–Crippen MR) is 64.5 cm³/mol. The Bertz CT molecular complexity index is 315. The van der Waals surface area contributed by atoms with Crippen LogP contribution in [0.15, 0.2) is 12.4 Å². The van der Waals surface area contributed by atoms with Crippen LogP contribution in [0.4, 0.5) is 0 Å². The molecule has 4 heteroatoms. The maximum absolute atomic E-state index is 5.65. The molecule has 1 atom stereocenters. The number of nitrogens with one attached hydrogen (secondary N) is 1. The van der Waals surface area contributed by atoms with Gasteiger partial charge < -0.3 is 4.57 Å². The molecule has 4 nitrogen and oxygen atoms in total. The van der Waals surface area contributed by atoms with E-state index in [4.69, 9.17) is 5.84 Å². The number of nitrogens with zero attached hydrogens (tertiary/aromatic N) is 2. The number of rotatable bonds is 4. The second-order valence-electron chi connectivity index (χ2n) is 4.86. The zero-order valence-corrected chi connectivity index (χ0v) is 10.0. The van der Waals surface area contributed by atoms with Gasteiger partial charge in [-0.25, -0.2) is 10.4 Å². The first-order valence-electron chi connectivity index (χ1n) is 6.24. The maximum atomic E-state index is 5.65. The highest BCUT2D eigenvalue weighted by Gasteiger charge is 2.21. The van der Waals surface area contributed by atoms with Crippen LogP contribution in [-0.2, 0) is 7.05 Å². The number of hydrogen-bond acceptors (Lipinski definition) is 3. The lowest BCUT2D eigenvalue weighted by molar-refractivity contribution is 0.294. The van der Waals surface area contributed by atoms with Crippen molar-refractivity contribution >= 4 is 0 Å².